The number of ether oxygens (including phenoxy) is 2. The number of halogens is 6. The third-order valence-corrected chi connectivity index (χ3v) is 5.97. The van der Waals surface area contributed by atoms with Crippen LogP contribution in [0.3, 0.4) is 0 Å². The summed E-state index contributed by atoms with van der Waals surface area (Å²) in [7, 11) is 2.78. The number of alkyl halides is 5. The SMILES string of the molecule is CNC(=O)C(N[C@H](CCc1ccc(C(F)(F)F)nc1)c1ccc(OC(F)F)c(OC)c1)c1ccc(Cl)cc1. The Hall–Kier alpha value is -3.44. The lowest BCUT2D eigenvalue weighted by atomic mass is 9.96. The fraction of sp³-hybridized carbons (Fsp3) is 0.308. The van der Waals surface area contributed by atoms with Crippen molar-refractivity contribution >= 4 is 17.5 Å². The number of pyridine rings is 1. The molecule has 2 N–H and O–H groups in total. The second-order valence-electron chi connectivity index (χ2n) is 8.19. The lowest BCUT2D eigenvalue weighted by Gasteiger charge is -2.26. The van der Waals surface area contributed by atoms with E-state index >= 15 is 0 Å². The van der Waals surface area contributed by atoms with Crippen LogP contribution in [0.25, 0.3) is 0 Å². The van der Waals surface area contributed by atoms with E-state index in [0.29, 0.717) is 34.6 Å². The van der Waals surface area contributed by atoms with E-state index < -0.39 is 30.6 Å². The minimum atomic E-state index is -4.56. The fourth-order valence-electron chi connectivity index (χ4n) is 3.82. The summed E-state index contributed by atoms with van der Waals surface area (Å²) in [6.07, 6.45) is -2.80. The molecule has 2 atom stereocenters. The van der Waals surface area contributed by atoms with E-state index in [1.54, 1.807) is 30.3 Å². The number of hydrogen-bond acceptors (Lipinski definition) is 5. The van der Waals surface area contributed by atoms with Gasteiger partial charge in [0.05, 0.1) is 7.11 Å². The maximum absolute atomic E-state index is 12.9. The summed E-state index contributed by atoms with van der Waals surface area (Å²) < 4.78 is 74.0. The van der Waals surface area contributed by atoms with Gasteiger partial charge in [-0.15, -0.1) is 0 Å². The molecule has 12 heteroatoms. The van der Waals surface area contributed by atoms with E-state index in [1.807, 2.05) is 0 Å². The molecule has 3 rings (SSSR count). The number of benzene rings is 2. The second-order valence-corrected chi connectivity index (χ2v) is 8.63. The minimum Gasteiger partial charge on any atom is -0.493 e. The van der Waals surface area contributed by atoms with E-state index in [4.69, 9.17) is 16.3 Å². The molecule has 6 nitrogen and oxygen atoms in total. The van der Waals surface area contributed by atoms with Crippen molar-refractivity contribution in [1.82, 2.24) is 15.6 Å². The standard InChI is InChI=1S/C26H25ClF5N3O3/c1-33-24(36)23(16-5-8-18(27)9-6-16)35-19(10-3-15-4-12-22(34-14-15)26(30,31)32)17-7-11-20(38-25(28)29)21(13-17)37-2/h4-9,11-14,19,23,25,35H,3,10H2,1-2H3,(H,33,36)/t19-,23?/m1/s1. The first-order chi connectivity index (χ1) is 18.0. The maximum atomic E-state index is 12.9. The van der Waals surface area contributed by atoms with Crippen molar-refractivity contribution in [1.29, 1.82) is 0 Å². The van der Waals surface area contributed by atoms with E-state index in [2.05, 4.69) is 20.4 Å². The molecular formula is C26H25ClF5N3O3. The molecule has 38 heavy (non-hydrogen) atoms. The zero-order chi connectivity index (χ0) is 27.9. The van der Waals surface area contributed by atoms with Crippen molar-refractivity contribution in [3.05, 3.63) is 88.2 Å². The highest BCUT2D eigenvalue weighted by molar-refractivity contribution is 6.30. The van der Waals surface area contributed by atoms with E-state index in [-0.39, 0.29) is 17.4 Å². The monoisotopic (exact) mass is 557 g/mol. The minimum absolute atomic E-state index is 0.0498. The average Bonchev–Trinajstić information content (AvgIpc) is 2.89. The first-order valence-corrected chi connectivity index (χ1v) is 11.8. The Morgan fingerprint density at radius 2 is 1.71 bits per heavy atom. The van der Waals surface area contributed by atoms with Crippen LogP contribution in [0.1, 0.15) is 40.9 Å². The highest BCUT2D eigenvalue weighted by Gasteiger charge is 2.32. The van der Waals surface area contributed by atoms with Crippen molar-refractivity contribution in [2.75, 3.05) is 14.2 Å². The largest absolute Gasteiger partial charge is 0.493 e. The smallest absolute Gasteiger partial charge is 0.433 e. The Bertz CT molecular complexity index is 1210. The van der Waals surface area contributed by atoms with Gasteiger partial charge >= 0.3 is 12.8 Å². The Morgan fingerprint density at radius 1 is 1.03 bits per heavy atom. The Labute approximate surface area is 221 Å². The van der Waals surface area contributed by atoms with Gasteiger partial charge in [0.2, 0.25) is 5.91 Å². The van der Waals surface area contributed by atoms with Crippen LogP contribution in [0.4, 0.5) is 22.0 Å². The van der Waals surface area contributed by atoms with Crippen molar-refractivity contribution in [3.63, 3.8) is 0 Å². The third kappa shape index (κ3) is 7.78. The lowest BCUT2D eigenvalue weighted by molar-refractivity contribution is -0.141. The number of hydrogen-bond donors (Lipinski definition) is 2. The summed E-state index contributed by atoms with van der Waals surface area (Å²) in [6, 6.07) is 11.9. The van der Waals surface area contributed by atoms with Gasteiger partial charge in [0.15, 0.2) is 11.5 Å². The first-order valence-electron chi connectivity index (χ1n) is 11.4. The highest BCUT2D eigenvalue weighted by atomic mass is 35.5. The summed E-state index contributed by atoms with van der Waals surface area (Å²) >= 11 is 6.00. The molecule has 0 aliphatic heterocycles. The van der Waals surface area contributed by atoms with Crippen molar-refractivity contribution in [2.24, 2.45) is 0 Å². The number of carbonyl (C=O) groups is 1. The van der Waals surface area contributed by atoms with Crippen LogP contribution in [0.5, 0.6) is 11.5 Å². The molecule has 1 heterocycles. The molecule has 0 aliphatic carbocycles. The van der Waals surface area contributed by atoms with Crippen LogP contribution in [0.15, 0.2) is 60.8 Å². The van der Waals surface area contributed by atoms with Crippen LogP contribution >= 0.6 is 11.6 Å². The van der Waals surface area contributed by atoms with Crippen LogP contribution in [-0.2, 0) is 17.4 Å². The number of carbonyl (C=O) groups excluding carboxylic acids is 1. The van der Waals surface area contributed by atoms with Gasteiger partial charge < -0.3 is 14.8 Å². The summed E-state index contributed by atoms with van der Waals surface area (Å²) in [4.78, 5) is 16.3. The van der Waals surface area contributed by atoms with E-state index in [9.17, 15) is 26.7 Å². The van der Waals surface area contributed by atoms with Gasteiger partial charge in [-0.1, -0.05) is 35.9 Å². The van der Waals surface area contributed by atoms with Crippen LogP contribution in [0, 0.1) is 0 Å². The van der Waals surface area contributed by atoms with Gasteiger partial charge in [-0.25, -0.2) is 0 Å². The summed E-state index contributed by atoms with van der Waals surface area (Å²) in [5, 5.41) is 6.36. The zero-order valence-corrected chi connectivity index (χ0v) is 21.1. The van der Waals surface area contributed by atoms with Gasteiger partial charge in [-0.2, -0.15) is 22.0 Å². The van der Waals surface area contributed by atoms with E-state index in [0.717, 1.165) is 12.3 Å². The molecule has 0 bridgehead atoms. The number of methoxy groups -OCH3 is 1. The Balaban J connectivity index is 1.94. The molecule has 3 aromatic rings. The number of amides is 1. The topological polar surface area (TPSA) is 72.5 Å². The van der Waals surface area contributed by atoms with Gasteiger partial charge in [0, 0.05) is 24.3 Å². The van der Waals surface area contributed by atoms with Crippen LogP contribution in [-0.4, -0.2) is 31.7 Å². The average molecular weight is 558 g/mol. The molecular weight excluding hydrogens is 533 g/mol. The molecule has 1 unspecified atom stereocenters. The lowest BCUT2D eigenvalue weighted by Crippen LogP contribution is -2.38. The summed E-state index contributed by atoms with van der Waals surface area (Å²) in [5.74, 6) is -0.468. The number of rotatable bonds is 11. The van der Waals surface area contributed by atoms with Crippen molar-refractivity contribution in [3.8, 4) is 11.5 Å². The maximum Gasteiger partial charge on any atom is 0.433 e. The summed E-state index contributed by atoms with van der Waals surface area (Å²) in [6.45, 7) is -3.06. The molecule has 0 fully saturated rings. The second kappa shape index (κ2) is 12.9. The van der Waals surface area contributed by atoms with Crippen LogP contribution < -0.4 is 20.1 Å². The van der Waals surface area contributed by atoms with Gasteiger partial charge in [-0.05, 0) is 59.9 Å². The van der Waals surface area contributed by atoms with Crippen molar-refractivity contribution < 1.29 is 36.2 Å². The molecule has 0 saturated carbocycles. The molecule has 204 valence electrons. The van der Waals surface area contributed by atoms with Crippen molar-refractivity contribution in [2.45, 2.75) is 37.7 Å². The van der Waals surface area contributed by atoms with E-state index in [1.165, 1.54) is 32.4 Å². The predicted molar refractivity (Wildman–Crippen MR) is 131 cm³/mol. The fourth-order valence-corrected chi connectivity index (χ4v) is 3.94. The zero-order valence-electron chi connectivity index (χ0n) is 20.4. The first kappa shape index (κ1) is 29.1. The number of likely N-dealkylation sites (N-methyl/N-ethyl adjacent to an activating group) is 1. The molecule has 0 aliphatic rings. The number of aromatic nitrogens is 1. The van der Waals surface area contributed by atoms with Gasteiger partial charge in [0.25, 0.3) is 0 Å². The normalized spacial score (nSPS) is 13.2. The molecule has 0 radical (unpaired) electrons. The van der Waals surface area contributed by atoms with Gasteiger partial charge in [0.1, 0.15) is 11.7 Å². The number of nitrogens with one attached hydrogen (secondary N) is 2. The summed E-state index contributed by atoms with van der Waals surface area (Å²) in [5.41, 5.74) is 0.723. The molecule has 1 amide bonds. The quantitative estimate of drug-likeness (QED) is 0.278. The predicted octanol–water partition coefficient (Wildman–Crippen LogP) is 6.11. The molecule has 0 spiro atoms. The Kier molecular flexibility index (Phi) is 9.87. The third-order valence-electron chi connectivity index (χ3n) is 5.72. The van der Waals surface area contributed by atoms with Crippen LogP contribution in [0.2, 0.25) is 5.02 Å². The van der Waals surface area contributed by atoms with Gasteiger partial charge in [-0.3, -0.25) is 15.1 Å². The highest BCUT2D eigenvalue weighted by Crippen LogP contribution is 2.34. The molecule has 0 saturated heterocycles. The molecule has 2 aromatic carbocycles. The number of aryl methyl sites for hydroxylation is 1. The number of nitrogens with zero attached hydrogens (tertiary/aromatic N) is 1. The Morgan fingerprint density at radius 3 is 2.26 bits per heavy atom. The molecule has 1 aromatic heterocycles.